The summed E-state index contributed by atoms with van der Waals surface area (Å²) in [7, 11) is 8.42. The van der Waals surface area contributed by atoms with E-state index in [0.29, 0.717) is 0 Å². The van der Waals surface area contributed by atoms with E-state index in [1.165, 1.54) is 0 Å². The minimum Gasteiger partial charge on any atom is -0.368 e. The van der Waals surface area contributed by atoms with Gasteiger partial charge in [-0.25, -0.2) is 0 Å². The van der Waals surface area contributed by atoms with Crippen molar-refractivity contribution in [3.05, 3.63) is 36.7 Å². The highest BCUT2D eigenvalue weighted by atomic mass is 14.8. The molecule has 0 saturated carbocycles. The Morgan fingerprint density at radius 2 is 1.75 bits per heavy atom. The molecule has 1 nitrogen and oxygen atoms in total. The summed E-state index contributed by atoms with van der Waals surface area (Å²) in [5.74, 6) is 0. The Kier molecular flexibility index (Phi) is 9.55. The lowest BCUT2D eigenvalue weighted by atomic mass is 9.27. The SMILES string of the molecule is C1=CC=CNC=C1.[B][B][B]CC. The highest BCUT2D eigenvalue weighted by Crippen LogP contribution is 1.81. The van der Waals surface area contributed by atoms with E-state index in [1.54, 1.807) is 7.06 Å². The second-order valence-electron chi connectivity index (χ2n) is 2.11. The molecule has 0 aromatic carbocycles. The summed E-state index contributed by atoms with van der Waals surface area (Å²) in [5.41, 5.74) is 0. The number of hydrogen-bond acceptors (Lipinski definition) is 1. The standard InChI is InChI=1S/C6H7N.C2H5B3/c1-2-4-6-7-5-3-1;1-2-4-5-3/h1-7H;2H2,1H3. The zero-order valence-corrected chi connectivity index (χ0v) is 7.40. The topological polar surface area (TPSA) is 12.0 Å². The molecule has 4 radical (unpaired) electrons. The number of nitrogens with one attached hydrogen (secondary N) is 1. The fraction of sp³-hybridized carbons (Fsp3) is 0.250. The molecule has 0 fully saturated rings. The van der Waals surface area contributed by atoms with Gasteiger partial charge in [0.2, 0.25) is 0 Å². The Labute approximate surface area is 77.9 Å². The molecule has 0 bridgehead atoms. The van der Waals surface area contributed by atoms with Crippen molar-refractivity contribution in [2.24, 2.45) is 0 Å². The van der Waals surface area contributed by atoms with Gasteiger partial charge in [0.25, 0.3) is 0 Å². The first-order chi connectivity index (χ1) is 5.91. The fourth-order valence-corrected chi connectivity index (χ4v) is 0.542. The Hall–Kier alpha value is -0.785. The fourth-order valence-electron chi connectivity index (χ4n) is 0.542. The van der Waals surface area contributed by atoms with Crippen LogP contribution >= 0.6 is 0 Å². The van der Waals surface area contributed by atoms with Crippen molar-refractivity contribution >= 4 is 22.0 Å². The van der Waals surface area contributed by atoms with Gasteiger partial charge in [0.1, 0.15) is 0 Å². The molecule has 0 unspecified atom stereocenters. The van der Waals surface area contributed by atoms with E-state index < -0.39 is 0 Å². The molecule has 0 spiro atoms. The van der Waals surface area contributed by atoms with Gasteiger partial charge in [-0.05, 0) is 12.2 Å². The summed E-state index contributed by atoms with van der Waals surface area (Å²) in [6.07, 6.45) is 12.6. The van der Waals surface area contributed by atoms with E-state index in [9.17, 15) is 0 Å². The van der Waals surface area contributed by atoms with Crippen molar-refractivity contribution in [2.75, 3.05) is 0 Å². The predicted molar refractivity (Wildman–Crippen MR) is 58.3 cm³/mol. The smallest absolute Gasteiger partial charge is 0.0541 e. The zero-order valence-electron chi connectivity index (χ0n) is 7.40. The van der Waals surface area contributed by atoms with Gasteiger partial charge in [-0.1, -0.05) is 25.4 Å². The highest BCUT2D eigenvalue weighted by molar-refractivity contribution is 7.23. The molecule has 0 saturated heterocycles. The summed E-state index contributed by atoms with van der Waals surface area (Å²) < 4.78 is 0. The zero-order chi connectivity index (χ0) is 9.07. The molecule has 0 aliphatic carbocycles. The summed E-state index contributed by atoms with van der Waals surface area (Å²) >= 11 is 0. The first kappa shape index (κ1) is 11.2. The van der Waals surface area contributed by atoms with Gasteiger partial charge >= 0.3 is 0 Å². The molecular formula is C8H12B3N. The average Bonchev–Trinajstić information content (AvgIpc) is 2.37. The molecule has 1 heterocycles. The van der Waals surface area contributed by atoms with Crippen molar-refractivity contribution in [1.82, 2.24) is 5.32 Å². The van der Waals surface area contributed by atoms with Gasteiger partial charge in [0.05, 0.1) is 7.17 Å². The largest absolute Gasteiger partial charge is 0.368 e. The molecule has 58 valence electrons. The van der Waals surface area contributed by atoms with Crippen LogP contribution in [0.15, 0.2) is 36.7 Å². The van der Waals surface area contributed by atoms with Crippen LogP contribution in [-0.2, 0) is 0 Å². The van der Waals surface area contributed by atoms with Gasteiger partial charge in [0.15, 0.2) is 0 Å². The third-order valence-electron chi connectivity index (χ3n) is 1.09. The lowest BCUT2D eigenvalue weighted by Gasteiger charge is -1.79. The first-order valence-electron chi connectivity index (χ1n) is 4.03. The van der Waals surface area contributed by atoms with Gasteiger partial charge in [-0.15, -0.1) is 0 Å². The van der Waals surface area contributed by atoms with Crippen molar-refractivity contribution in [3.8, 4) is 0 Å². The minimum absolute atomic E-state index is 1.04. The maximum Gasteiger partial charge on any atom is 0.0541 e. The van der Waals surface area contributed by atoms with Gasteiger partial charge in [-0.2, -0.15) is 0 Å². The molecule has 0 aromatic heterocycles. The Balaban J connectivity index is 0.000000217. The third-order valence-corrected chi connectivity index (χ3v) is 1.09. The van der Waals surface area contributed by atoms with Crippen LogP contribution in [0.4, 0.5) is 0 Å². The summed E-state index contributed by atoms with van der Waals surface area (Å²) in [4.78, 5) is 0. The molecule has 0 atom stereocenters. The van der Waals surface area contributed by atoms with E-state index in [0.717, 1.165) is 6.32 Å². The van der Waals surface area contributed by atoms with E-state index in [2.05, 4.69) is 5.32 Å². The second-order valence-corrected chi connectivity index (χ2v) is 2.11. The van der Waals surface area contributed by atoms with E-state index >= 15 is 0 Å². The van der Waals surface area contributed by atoms with E-state index in [-0.39, 0.29) is 0 Å². The molecular weight excluding hydrogens is 143 g/mol. The average molecular weight is 155 g/mol. The monoisotopic (exact) mass is 155 g/mol. The van der Waals surface area contributed by atoms with Crippen molar-refractivity contribution in [3.63, 3.8) is 0 Å². The van der Waals surface area contributed by atoms with Crippen molar-refractivity contribution in [1.29, 1.82) is 0 Å². The Morgan fingerprint density at radius 3 is 2.08 bits per heavy atom. The highest BCUT2D eigenvalue weighted by Gasteiger charge is 1.73. The maximum absolute atomic E-state index is 4.96. The van der Waals surface area contributed by atoms with Crippen LogP contribution in [0.3, 0.4) is 0 Å². The van der Waals surface area contributed by atoms with Gasteiger partial charge in [-0.3, -0.25) is 0 Å². The molecule has 1 N–H and O–H groups in total. The summed E-state index contributed by atoms with van der Waals surface area (Å²) in [6, 6.07) is 0. The van der Waals surface area contributed by atoms with Crippen LogP contribution in [0.25, 0.3) is 0 Å². The lowest BCUT2D eigenvalue weighted by Crippen LogP contribution is -1.98. The van der Waals surface area contributed by atoms with E-state index in [4.69, 9.17) is 7.74 Å². The lowest BCUT2D eigenvalue weighted by molar-refractivity contribution is 1.20. The minimum atomic E-state index is 1.04. The molecule has 4 heteroatoms. The van der Waals surface area contributed by atoms with E-state index in [1.807, 2.05) is 50.8 Å². The molecule has 1 aliphatic rings. The number of rotatable bonds is 2. The molecule has 1 aliphatic heterocycles. The van der Waals surface area contributed by atoms with Crippen molar-refractivity contribution in [2.45, 2.75) is 13.2 Å². The Morgan fingerprint density at radius 1 is 1.17 bits per heavy atom. The van der Waals surface area contributed by atoms with Crippen LogP contribution in [0, 0.1) is 0 Å². The predicted octanol–water partition coefficient (Wildman–Crippen LogP) is 1.00. The molecule has 0 aromatic rings. The third kappa shape index (κ3) is 9.21. The molecule has 1 rings (SSSR count). The van der Waals surface area contributed by atoms with Crippen LogP contribution < -0.4 is 5.32 Å². The Bertz CT molecular complexity index is 148. The van der Waals surface area contributed by atoms with Gasteiger partial charge < -0.3 is 5.32 Å². The summed E-state index contributed by atoms with van der Waals surface area (Å²) in [6.45, 7) is 2.04. The molecule has 0 amide bonds. The second kappa shape index (κ2) is 10.2. The van der Waals surface area contributed by atoms with Gasteiger partial charge in [0, 0.05) is 27.2 Å². The van der Waals surface area contributed by atoms with Crippen LogP contribution in [0.5, 0.6) is 0 Å². The normalized spacial score (nSPS) is 12.1. The van der Waals surface area contributed by atoms with Crippen LogP contribution in [0.1, 0.15) is 6.92 Å². The molecule has 12 heavy (non-hydrogen) atoms. The summed E-state index contributed by atoms with van der Waals surface area (Å²) in [5, 5.41) is 2.92. The van der Waals surface area contributed by atoms with Crippen LogP contribution in [-0.4, -0.2) is 22.0 Å². The first-order valence-corrected chi connectivity index (χ1v) is 4.03. The number of allylic oxidation sites excluding steroid dienone is 4. The number of hydrogen-bond donors (Lipinski definition) is 1. The maximum atomic E-state index is 4.96. The van der Waals surface area contributed by atoms with Crippen LogP contribution in [0.2, 0.25) is 6.32 Å². The van der Waals surface area contributed by atoms with Crippen molar-refractivity contribution < 1.29 is 0 Å². The quantitative estimate of drug-likeness (QED) is 0.586.